The van der Waals surface area contributed by atoms with E-state index in [0.717, 1.165) is 53.9 Å². The molecule has 0 spiro atoms. The van der Waals surface area contributed by atoms with Crippen LogP contribution < -0.4 is 10.6 Å². The summed E-state index contributed by atoms with van der Waals surface area (Å²) in [6, 6.07) is 6.39. The van der Waals surface area contributed by atoms with Crippen molar-refractivity contribution < 1.29 is 4.74 Å². The van der Waals surface area contributed by atoms with Crippen molar-refractivity contribution in [3.63, 3.8) is 0 Å². The Morgan fingerprint density at radius 2 is 1.89 bits per heavy atom. The van der Waals surface area contributed by atoms with E-state index in [1.54, 1.807) is 0 Å². The lowest BCUT2D eigenvalue weighted by molar-refractivity contribution is 0.128. The Bertz CT molecular complexity index is 982. The van der Waals surface area contributed by atoms with E-state index in [1.807, 2.05) is 13.0 Å². The highest BCUT2D eigenvalue weighted by atomic mass is 16.5. The molecule has 28 heavy (non-hydrogen) atoms. The fraction of sp³-hybridized carbons (Fsp3) is 0.524. The number of nitrogens with two attached hydrogens (primary N) is 1. The average molecular weight is 383 g/mol. The lowest BCUT2D eigenvalue weighted by Crippen LogP contribution is -2.53. The quantitative estimate of drug-likeness (QED) is 0.721. The van der Waals surface area contributed by atoms with Crippen molar-refractivity contribution in [3.8, 4) is 0 Å². The summed E-state index contributed by atoms with van der Waals surface area (Å²) < 4.78 is 5.49. The van der Waals surface area contributed by atoms with Crippen LogP contribution in [0.25, 0.3) is 21.9 Å². The molecule has 0 amide bonds. The molecule has 0 atom stereocenters. The first-order valence-electron chi connectivity index (χ1n) is 10.0. The number of rotatable bonds is 4. The third-order valence-electron chi connectivity index (χ3n) is 5.52. The van der Waals surface area contributed by atoms with Crippen molar-refractivity contribution in [2.75, 3.05) is 43.4 Å². The summed E-state index contributed by atoms with van der Waals surface area (Å²) in [6.45, 7) is 14.1. The van der Waals surface area contributed by atoms with Crippen LogP contribution in [0, 0.1) is 0 Å². The zero-order valence-electron chi connectivity index (χ0n) is 17.2. The molecule has 7 nitrogen and oxygen atoms in total. The number of hydrogen-bond acceptors (Lipinski definition) is 6. The van der Waals surface area contributed by atoms with E-state index in [0.29, 0.717) is 19.0 Å². The van der Waals surface area contributed by atoms with Crippen LogP contribution in [0.4, 0.5) is 11.5 Å². The lowest BCUT2D eigenvalue weighted by atomic mass is 10.0. The van der Waals surface area contributed by atoms with Crippen molar-refractivity contribution in [2.45, 2.75) is 39.8 Å². The summed E-state index contributed by atoms with van der Waals surface area (Å²) in [7, 11) is 0. The van der Waals surface area contributed by atoms with Crippen LogP contribution >= 0.6 is 0 Å². The van der Waals surface area contributed by atoms with Crippen LogP contribution in [0.2, 0.25) is 0 Å². The van der Waals surface area contributed by atoms with E-state index in [1.165, 1.54) is 5.69 Å². The number of fused-ring (bicyclic) bond motifs is 3. The second kappa shape index (κ2) is 7.22. The van der Waals surface area contributed by atoms with E-state index < -0.39 is 0 Å². The maximum Gasteiger partial charge on any atom is 0.150 e. The normalized spacial score (nSPS) is 16.4. The molecule has 0 aliphatic carbocycles. The summed E-state index contributed by atoms with van der Waals surface area (Å²) in [5.74, 6) is 1.26. The smallest absolute Gasteiger partial charge is 0.150 e. The number of H-pyrrole nitrogens is 1. The zero-order valence-corrected chi connectivity index (χ0v) is 17.2. The number of imidazole rings is 1. The SMILES string of the molecule is CCOCc1nc2c([nH]1)c(N)nc1ccc(N3CCN(C(C)(C)C)CC3)cc12. The number of nitrogen functional groups attached to an aromatic ring is 1. The van der Waals surface area contributed by atoms with Gasteiger partial charge in [-0.1, -0.05) is 0 Å². The van der Waals surface area contributed by atoms with Crippen molar-refractivity contribution in [1.29, 1.82) is 0 Å². The summed E-state index contributed by atoms with van der Waals surface area (Å²) in [5.41, 5.74) is 10.1. The van der Waals surface area contributed by atoms with Gasteiger partial charge in [0.2, 0.25) is 0 Å². The van der Waals surface area contributed by atoms with Crippen LogP contribution in [0.5, 0.6) is 0 Å². The van der Waals surface area contributed by atoms with E-state index in [9.17, 15) is 0 Å². The predicted octanol–water partition coefficient (Wildman–Crippen LogP) is 3.15. The third kappa shape index (κ3) is 3.52. The Kier molecular flexibility index (Phi) is 4.89. The van der Waals surface area contributed by atoms with Gasteiger partial charge in [0.15, 0.2) is 0 Å². The Hall–Kier alpha value is -2.38. The second-order valence-corrected chi connectivity index (χ2v) is 8.39. The molecule has 1 saturated heterocycles. The molecule has 3 aromatic rings. The number of benzene rings is 1. The minimum absolute atomic E-state index is 0.217. The van der Waals surface area contributed by atoms with Gasteiger partial charge in [-0.2, -0.15) is 0 Å². The van der Waals surface area contributed by atoms with Crippen molar-refractivity contribution in [2.24, 2.45) is 0 Å². The van der Waals surface area contributed by atoms with Crippen molar-refractivity contribution in [1.82, 2.24) is 19.9 Å². The number of hydrogen-bond donors (Lipinski definition) is 2. The molecule has 0 radical (unpaired) electrons. The second-order valence-electron chi connectivity index (χ2n) is 8.39. The van der Waals surface area contributed by atoms with Gasteiger partial charge in [0, 0.05) is 49.4 Å². The molecule has 0 saturated carbocycles. The molecule has 1 aliphatic rings. The Morgan fingerprint density at radius 3 is 2.57 bits per heavy atom. The summed E-state index contributed by atoms with van der Waals surface area (Å²) in [6.07, 6.45) is 0. The van der Waals surface area contributed by atoms with Gasteiger partial charge >= 0.3 is 0 Å². The number of ether oxygens (including phenoxy) is 1. The number of piperazine rings is 1. The monoisotopic (exact) mass is 382 g/mol. The highest BCUT2D eigenvalue weighted by molar-refractivity contribution is 6.07. The largest absolute Gasteiger partial charge is 0.382 e. The minimum atomic E-state index is 0.217. The van der Waals surface area contributed by atoms with Crippen LogP contribution in [-0.4, -0.2) is 58.2 Å². The van der Waals surface area contributed by atoms with Crippen LogP contribution in [0.15, 0.2) is 18.2 Å². The first-order chi connectivity index (χ1) is 13.4. The molecule has 3 N–H and O–H groups in total. The van der Waals surface area contributed by atoms with Gasteiger partial charge in [0.1, 0.15) is 29.3 Å². The maximum absolute atomic E-state index is 6.16. The van der Waals surface area contributed by atoms with E-state index in [2.05, 4.69) is 52.7 Å². The van der Waals surface area contributed by atoms with E-state index in [-0.39, 0.29) is 5.54 Å². The number of pyridine rings is 1. The van der Waals surface area contributed by atoms with Gasteiger partial charge in [0.25, 0.3) is 0 Å². The molecular formula is C21H30N6O. The highest BCUT2D eigenvalue weighted by Gasteiger charge is 2.26. The predicted molar refractivity (Wildman–Crippen MR) is 115 cm³/mol. The maximum atomic E-state index is 6.16. The molecule has 1 aliphatic heterocycles. The standard InChI is InChI=1S/C21H30N6O/c1-5-28-13-17-24-18-15-12-14(6-7-16(15)23-20(22)19(18)25-17)26-8-10-27(11-9-26)21(2,3)4/h6-7,12H,5,8-11,13H2,1-4H3,(H2,22,23)(H,24,25). The molecule has 0 unspecified atom stereocenters. The third-order valence-corrected chi connectivity index (χ3v) is 5.52. The van der Waals surface area contributed by atoms with Crippen LogP contribution in [-0.2, 0) is 11.3 Å². The summed E-state index contributed by atoms with van der Waals surface area (Å²) in [4.78, 5) is 17.6. The molecular weight excluding hydrogens is 352 g/mol. The molecule has 0 bridgehead atoms. The van der Waals surface area contributed by atoms with Gasteiger partial charge in [0.05, 0.1) is 5.52 Å². The van der Waals surface area contributed by atoms with Gasteiger partial charge in [-0.3, -0.25) is 4.90 Å². The van der Waals surface area contributed by atoms with Gasteiger partial charge in [-0.05, 0) is 45.9 Å². The van der Waals surface area contributed by atoms with Crippen molar-refractivity contribution in [3.05, 3.63) is 24.0 Å². The number of nitrogens with one attached hydrogen (secondary N) is 1. The van der Waals surface area contributed by atoms with Crippen LogP contribution in [0.3, 0.4) is 0 Å². The Morgan fingerprint density at radius 1 is 1.14 bits per heavy atom. The fourth-order valence-corrected chi connectivity index (χ4v) is 3.90. The minimum Gasteiger partial charge on any atom is -0.382 e. The first-order valence-corrected chi connectivity index (χ1v) is 10.0. The van der Waals surface area contributed by atoms with Gasteiger partial charge in [-0.25, -0.2) is 9.97 Å². The zero-order chi connectivity index (χ0) is 19.9. The number of anilines is 2. The van der Waals surface area contributed by atoms with Crippen LogP contribution in [0.1, 0.15) is 33.5 Å². The molecule has 150 valence electrons. The number of aromatic amines is 1. The molecule has 2 aromatic heterocycles. The van der Waals surface area contributed by atoms with Crippen molar-refractivity contribution >= 4 is 33.4 Å². The lowest BCUT2D eigenvalue weighted by Gasteiger charge is -2.43. The molecule has 4 rings (SSSR count). The summed E-state index contributed by atoms with van der Waals surface area (Å²) in [5, 5.41) is 1.03. The molecule has 7 heteroatoms. The molecule has 1 aromatic carbocycles. The van der Waals surface area contributed by atoms with Gasteiger partial charge < -0.3 is 20.4 Å². The first kappa shape index (κ1) is 19.0. The fourth-order valence-electron chi connectivity index (χ4n) is 3.90. The van der Waals surface area contributed by atoms with Gasteiger partial charge in [-0.15, -0.1) is 0 Å². The molecule has 3 heterocycles. The summed E-state index contributed by atoms with van der Waals surface area (Å²) >= 11 is 0. The Labute approximate surface area is 165 Å². The average Bonchev–Trinajstić information content (AvgIpc) is 3.11. The number of aromatic nitrogens is 3. The van der Waals surface area contributed by atoms with E-state index >= 15 is 0 Å². The Balaban J connectivity index is 1.67. The topological polar surface area (TPSA) is 83.3 Å². The molecule has 1 fully saturated rings. The highest BCUT2D eigenvalue weighted by Crippen LogP contribution is 2.30. The number of nitrogens with zero attached hydrogens (tertiary/aromatic N) is 4. The van der Waals surface area contributed by atoms with E-state index in [4.69, 9.17) is 15.5 Å².